The van der Waals surface area contributed by atoms with Gasteiger partial charge in [-0.15, -0.1) is 0 Å². The standard InChI is InChI=1S/C16H9Cl3N2O2/c17-10-1-2-11(12(18)6-10)16(23)21-14-4-8-5-15(22)20-7-9(8)3-13(14)19/h1-7H,(H,20,22)(H,21,23). The normalized spacial score (nSPS) is 10.7. The molecule has 1 aromatic heterocycles. The smallest absolute Gasteiger partial charge is 0.257 e. The summed E-state index contributed by atoms with van der Waals surface area (Å²) in [5.74, 6) is -0.419. The lowest BCUT2D eigenvalue weighted by molar-refractivity contribution is 0.102. The van der Waals surface area contributed by atoms with Gasteiger partial charge in [0.15, 0.2) is 0 Å². The van der Waals surface area contributed by atoms with Crippen LogP contribution in [0.2, 0.25) is 15.1 Å². The lowest BCUT2D eigenvalue weighted by atomic mass is 10.1. The van der Waals surface area contributed by atoms with Crippen LogP contribution in [0.5, 0.6) is 0 Å². The van der Waals surface area contributed by atoms with Gasteiger partial charge in [-0.1, -0.05) is 34.8 Å². The summed E-state index contributed by atoms with van der Waals surface area (Å²) in [6.45, 7) is 0. The molecule has 1 amide bonds. The number of hydrogen-bond acceptors (Lipinski definition) is 2. The molecule has 7 heteroatoms. The summed E-state index contributed by atoms with van der Waals surface area (Å²) in [5.41, 5.74) is 0.428. The Morgan fingerprint density at radius 2 is 1.74 bits per heavy atom. The number of carbonyl (C=O) groups excluding carboxylic acids is 1. The lowest BCUT2D eigenvalue weighted by Crippen LogP contribution is -2.13. The Kier molecular flexibility index (Phi) is 4.31. The molecule has 0 aliphatic rings. The molecule has 4 nitrogen and oxygen atoms in total. The van der Waals surface area contributed by atoms with Gasteiger partial charge in [-0.25, -0.2) is 0 Å². The molecule has 0 saturated heterocycles. The predicted molar refractivity (Wildman–Crippen MR) is 94.0 cm³/mol. The van der Waals surface area contributed by atoms with E-state index in [1.807, 2.05) is 0 Å². The Labute approximate surface area is 146 Å². The highest BCUT2D eigenvalue weighted by Crippen LogP contribution is 2.28. The summed E-state index contributed by atoms with van der Waals surface area (Å²) in [5, 5.41) is 5.14. The molecule has 0 atom stereocenters. The van der Waals surface area contributed by atoms with E-state index in [0.717, 1.165) is 5.39 Å². The molecule has 3 aromatic rings. The van der Waals surface area contributed by atoms with Crippen molar-refractivity contribution in [1.29, 1.82) is 0 Å². The van der Waals surface area contributed by atoms with Gasteiger partial charge in [-0.2, -0.15) is 0 Å². The van der Waals surface area contributed by atoms with Crippen LogP contribution in [0.25, 0.3) is 10.8 Å². The topological polar surface area (TPSA) is 62.0 Å². The Bertz CT molecular complexity index is 983. The van der Waals surface area contributed by atoms with Gasteiger partial charge in [0.1, 0.15) is 0 Å². The number of nitrogens with one attached hydrogen (secondary N) is 2. The molecule has 0 aliphatic heterocycles. The van der Waals surface area contributed by atoms with Crippen LogP contribution < -0.4 is 10.9 Å². The number of rotatable bonds is 2. The summed E-state index contributed by atoms with van der Waals surface area (Å²) in [6.07, 6.45) is 1.56. The average molecular weight is 368 g/mol. The number of hydrogen-bond donors (Lipinski definition) is 2. The Morgan fingerprint density at radius 3 is 2.48 bits per heavy atom. The zero-order valence-electron chi connectivity index (χ0n) is 11.5. The van der Waals surface area contributed by atoms with Crippen LogP contribution in [0.3, 0.4) is 0 Å². The van der Waals surface area contributed by atoms with Crippen LogP contribution >= 0.6 is 34.8 Å². The third-order valence-electron chi connectivity index (χ3n) is 3.25. The second kappa shape index (κ2) is 6.24. The van der Waals surface area contributed by atoms with Crippen LogP contribution in [0.4, 0.5) is 5.69 Å². The van der Waals surface area contributed by atoms with Gasteiger partial charge in [0, 0.05) is 17.3 Å². The second-order valence-corrected chi connectivity index (χ2v) is 6.09. The number of benzene rings is 2. The minimum absolute atomic E-state index is 0.238. The summed E-state index contributed by atoms with van der Waals surface area (Å²) < 4.78 is 0. The maximum atomic E-state index is 12.3. The number of amides is 1. The van der Waals surface area contributed by atoms with Crippen molar-refractivity contribution < 1.29 is 4.79 Å². The van der Waals surface area contributed by atoms with E-state index in [4.69, 9.17) is 34.8 Å². The molecule has 0 aliphatic carbocycles. The van der Waals surface area contributed by atoms with Gasteiger partial charge in [-0.3, -0.25) is 9.59 Å². The highest BCUT2D eigenvalue weighted by molar-refractivity contribution is 6.38. The zero-order chi connectivity index (χ0) is 16.6. The van der Waals surface area contributed by atoms with E-state index in [1.54, 1.807) is 24.4 Å². The van der Waals surface area contributed by atoms with Crippen LogP contribution in [0.1, 0.15) is 10.4 Å². The lowest BCUT2D eigenvalue weighted by Gasteiger charge is -2.10. The van der Waals surface area contributed by atoms with Gasteiger partial charge >= 0.3 is 0 Å². The van der Waals surface area contributed by atoms with Crippen molar-refractivity contribution in [3.05, 3.63) is 73.6 Å². The van der Waals surface area contributed by atoms with Gasteiger partial charge in [-0.05, 0) is 41.1 Å². The van der Waals surface area contributed by atoms with Crippen LogP contribution in [0.15, 0.2) is 47.4 Å². The number of H-pyrrole nitrogens is 1. The molecule has 0 unspecified atom stereocenters. The molecular formula is C16H9Cl3N2O2. The average Bonchev–Trinajstić information content (AvgIpc) is 2.48. The predicted octanol–water partition coefficient (Wildman–Crippen LogP) is 4.74. The van der Waals surface area contributed by atoms with Crippen LogP contribution in [-0.2, 0) is 0 Å². The molecule has 1 heterocycles. The van der Waals surface area contributed by atoms with Gasteiger partial charge < -0.3 is 10.3 Å². The fourth-order valence-corrected chi connectivity index (χ4v) is 2.86. The highest BCUT2D eigenvalue weighted by atomic mass is 35.5. The molecule has 116 valence electrons. The van der Waals surface area contributed by atoms with E-state index >= 15 is 0 Å². The van der Waals surface area contributed by atoms with E-state index in [2.05, 4.69) is 10.3 Å². The molecule has 2 aromatic carbocycles. The van der Waals surface area contributed by atoms with Crippen molar-refractivity contribution in [2.45, 2.75) is 0 Å². The van der Waals surface area contributed by atoms with Crippen LogP contribution in [-0.4, -0.2) is 10.9 Å². The second-order valence-electron chi connectivity index (χ2n) is 4.84. The number of anilines is 1. The van der Waals surface area contributed by atoms with Crippen LogP contribution in [0, 0.1) is 0 Å². The van der Waals surface area contributed by atoms with E-state index < -0.39 is 5.91 Å². The van der Waals surface area contributed by atoms with E-state index in [9.17, 15) is 9.59 Å². The van der Waals surface area contributed by atoms with Crippen molar-refractivity contribution in [2.24, 2.45) is 0 Å². The van der Waals surface area contributed by atoms with Crippen molar-refractivity contribution in [3.63, 3.8) is 0 Å². The fourth-order valence-electron chi connectivity index (χ4n) is 2.15. The first-order valence-corrected chi connectivity index (χ1v) is 7.66. The minimum Gasteiger partial charge on any atom is -0.328 e. The molecule has 0 saturated carbocycles. The first-order valence-electron chi connectivity index (χ1n) is 6.52. The van der Waals surface area contributed by atoms with Crippen molar-refractivity contribution in [1.82, 2.24) is 4.98 Å². The zero-order valence-corrected chi connectivity index (χ0v) is 13.8. The van der Waals surface area contributed by atoms with E-state index in [-0.39, 0.29) is 16.1 Å². The van der Waals surface area contributed by atoms with E-state index in [0.29, 0.717) is 21.1 Å². The number of pyridine rings is 1. The number of fused-ring (bicyclic) bond motifs is 1. The highest BCUT2D eigenvalue weighted by Gasteiger charge is 2.13. The molecular weight excluding hydrogens is 359 g/mol. The Balaban J connectivity index is 1.98. The molecule has 0 radical (unpaired) electrons. The largest absolute Gasteiger partial charge is 0.328 e. The molecule has 3 rings (SSSR count). The fraction of sp³-hybridized carbons (Fsp3) is 0. The van der Waals surface area contributed by atoms with Crippen molar-refractivity contribution >= 4 is 57.2 Å². The first kappa shape index (κ1) is 15.9. The van der Waals surface area contributed by atoms with Gasteiger partial charge in [0.25, 0.3) is 5.91 Å². The third-order valence-corrected chi connectivity index (χ3v) is 4.11. The van der Waals surface area contributed by atoms with E-state index in [1.165, 1.54) is 18.2 Å². The Morgan fingerprint density at radius 1 is 0.957 bits per heavy atom. The van der Waals surface area contributed by atoms with Crippen molar-refractivity contribution in [3.8, 4) is 0 Å². The molecule has 0 fully saturated rings. The monoisotopic (exact) mass is 366 g/mol. The Hall–Kier alpha value is -2.01. The summed E-state index contributed by atoms with van der Waals surface area (Å²) in [6, 6.07) is 9.31. The molecule has 0 spiro atoms. The third kappa shape index (κ3) is 3.34. The van der Waals surface area contributed by atoms with Gasteiger partial charge in [0.05, 0.1) is 21.3 Å². The summed E-state index contributed by atoms with van der Waals surface area (Å²) in [7, 11) is 0. The van der Waals surface area contributed by atoms with Crippen molar-refractivity contribution in [2.75, 3.05) is 5.32 Å². The number of halogens is 3. The number of aromatic amines is 1. The molecule has 0 bridgehead atoms. The summed E-state index contributed by atoms with van der Waals surface area (Å²) >= 11 is 18.0. The minimum atomic E-state index is -0.419. The maximum absolute atomic E-state index is 12.3. The number of carbonyl (C=O) groups is 1. The molecule has 23 heavy (non-hydrogen) atoms. The SMILES string of the molecule is O=C(Nc1cc2cc(=O)[nH]cc2cc1Cl)c1ccc(Cl)cc1Cl. The first-order chi connectivity index (χ1) is 10.9. The quantitative estimate of drug-likeness (QED) is 0.687. The maximum Gasteiger partial charge on any atom is 0.257 e. The number of aromatic nitrogens is 1. The molecule has 2 N–H and O–H groups in total. The summed E-state index contributed by atoms with van der Waals surface area (Å²) in [4.78, 5) is 26.3. The van der Waals surface area contributed by atoms with Gasteiger partial charge in [0.2, 0.25) is 5.56 Å².